The van der Waals surface area contributed by atoms with Crippen LogP contribution in [0.1, 0.15) is 59.9 Å². The van der Waals surface area contributed by atoms with E-state index in [-0.39, 0.29) is 34.4 Å². The SMILES string of the molecule is CC(C)(C)c1ccccc1Oc1ncccc1NC(=O)Nc1ccc(OCC2CCN(C(=O)O)C(C(C)(C)C)C2)cc1F. The van der Waals surface area contributed by atoms with Crippen molar-refractivity contribution in [1.82, 2.24) is 9.88 Å². The molecule has 1 saturated heterocycles. The number of ether oxygens (including phenoxy) is 2. The van der Waals surface area contributed by atoms with E-state index < -0.39 is 17.9 Å². The van der Waals surface area contributed by atoms with E-state index in [0.717, 1.165) is 5.56 Å². The fourth-order valence-electron chi connectivity index (χ4n) is 5.26. The zero-order valence-electron chi connectivity index (χ0n) is 25.6. The maximum Gasteiger partial charge on any atom is 0.407 e. The number of hydrogen-bond acceptors (Lipinski definition) is 5. The third kappa shape index (κ3) is 8.15. The van der Waals surface area contributed by atoms with E-state index in [1.165, 1.54) is 17.0 Å². The van der Waals surface area contributed by atoms with Crippen molar-refractivity contribution < 1.29 is 28.6 Å². The molecule has 9 nitrogen and oxygen atoms in total. The van der Waals surface area contributed by atoms with Gasteiger partial charge in [0, 0.05) is 30.4 Å². The lowest BCUT2D eigenvalue weighted by atomic mass is 9.77. The number of pyridine rings is 1. The van der Waals surface area contributed by atoms with Crippen molar-refractivity contribution in [3.63, 3.8) is 0 Å². The molecule has 10 heteroatoms. The van der Waals surface area contributed by atoms with Gasteiger partial charge in [0.25, 0.3) is 0 Å². The number of aromatic nitrogens is 1. The molecule has 3 aromatic rings. The van der Waals surface area contributed by atoms with Crippen LogP contribution in [0.25, 0.3) is 0 Å². The first-order valence-electron chi connectivity index (χ1n) is 14.4. The van der Waals surface area contributed by atoms with Crippen LogP contribution < -0.4 is 20.1 Å². The number of halogens is 1. The summed E-state index contributed by atoms with van der Waals surface area (Å²) in [6.45, 7) is 13.1. The Morgan fingerprint density at radius 1 is 1.02 bits per heavy atom. The number of anilines is 2. The molecule has 1 aliphatic rings. The Kier molecular flexibility index (Phi) is 9.47. The van der Waals surface area contributed by atoms with Crippen molar-refractivity contribution in [2.24, 2.45) is 11.3 Å². The molecule has 2 atom stereocenters. The number of carbonyl (C=O) groups is 2. The van der Waals surface area contributed by atoms with Gasteiger partial charge >= 0.3 is 12.1 Å². The van der Waals surface area contributed by atoms with Gasteiger partial charge in [0.05, 0.1) is 12.3 Å². The Balaban J connectivity index is 1.37. The number of urea groups is 1. The lowest BCUT2D eigenvalue weighted by molar-refractivity contribution is 0.0302. The predicted octanol–water partition coefficient (Wildman–Crippen LogP) is 8.14. The highest BCUT2D eigenvalue weighted by Crippen LogP contribution is 2.37. The number of carboxylic acid groups (broad SMARTS) is 1. The average molecular weight is 593 g/mol. The number of piperidine rings is 1. The largest absolute Gasteiger partial charge is 0.493 e. The quantitative estimate of drug-likeness (QED) is 0.255. The first-order chi connectivity index (χ1) is 20.2. The van der Waals surface area contributed by atoms with Crippen molar-refractivity contribution in [3.8, 4) is 17.4 Å². The molecule has 2 unspecified atom stereocenters. The molecular formula is C33H41FN4O5. The molecule has 0 saturated carbocycles. The van der Waals surface area contributed by atoms with Crippen molar-refractivity contribution in [2.75, 3.05) is 23.8 Å². The smallest absolute Gasteiger partial charge is 0.407 e. The van der Waals surface area contributed by atoms with Crippen LogP contribution in [0.2, 0.25) is 0 Å². The number of hydrogen-bond donors (Lipinski definition) is 3. The van der Waals surface area contributed by atoms with E-state index in [0.29, 0.717) is 43.2 Å². The number of benzene rings is 2. The zero-order valence-corrected chi connectivity index (χ0v) is 25.6. The minimum Gasteiger partial charge on any atom is -0.493 e. The summed E-state index contributed by atoms with van der Waals surface area (Å²) >= 11 is 0. The lowest BCUT2D eigenvalue weighted by Crippen LogP contribution is -2.52. The van der Waals surface area contributed by atoms with Gasteiger partial charge in [0.1, 0.15) is 23.0 Å². The summed E-state index contributed by atoms with van der Waals surface area (Å²) in [6, 6.07) is 14.4. The van der Waals surface area contributed by atoms with Crippen molar-refractivity contribution in [3.05, 3.63) is 72.2 Å². The fourth-order valence-corrected chi connectivity index (χ4v) is 5.26. The summed E-state index contributed by atoms with van der Waals surface area (Å²) in [5.41, 5.74) is 0.913. The number of carbonyl (C=O) groups excluding carboxylic acids is 1. The van der Waals surface area contributed by atoms with Gasteiger partial charge in [-0.3, -0.25) is 0 Å². The highest BCUT2D eigenvalue weighted by Gasteiger charge is 2.38. The molecule has 2 aromatic carbocycles. The van der Waals surface area contributed by atoms with Crippen molar-refractivity contribution in [1.29, 1.82) is 0 Å². The number of rotatable bonds is 7. The topological polar surface area (TPSA) is 113 Å². The Labute approximate surface area is 252 Å². The third-order valence-corrected chi connectivity index (χ3v) is 7.55. The summed E-state index contributed by atoms with van der Waals surface area (Å²) < 4.78 is 27.0. The van der Waals surface area contributed by atoms with Crippen LogP contribution in [0, 0.1) is 17.2 Å². The molecule has 3 amide bonds. The van der Waals surface area contributed by atoms with Crippen LogP contribution >= 0.6 is 0 Å². The number of nitrogens with one attached hydrogen (secondary N) is 2. The van der Waals surface area contributed by atoms with E-state index in [1.807, 2.05) is 45.0 Å². The first-order valence-corrected chi connectivity index (χ1v) is 14.4. The number of likely N-dealkylation sites (tertiary alicyclic amines) is 1. The molecule has 2 heterocycles. The Morgan fingerprint density at radius 3 is 2.42 bits per heavy atom. The molecule has 43 heavy (non-hydrogen) atoms. The van der Waals surface area contributed by atoms with Gasteiger partial charge in [0.2, 0.25) is 5.88 Å². The molecule has 3 N–H and O–H groups in total. The van der Waals surface area contributed by atoms with Gasteiger partial charge < -0.3 is 30.1 Å². The summed E-state index contributed by atoms with van der Waals surface area (Å²) in [4.78, 5) is 30.3. The summed E-state index contributed by atoms with van der Waals surface area (Å²) in [5.74, 6) is 0.652. The molecular weight excluding hydrogens is 551 g/mol. The standard InChI is InChI=1S/C33H41FN4O5/c1-32(2,3)23-10-7-8-12-27(23)43-29-26(11-9-16-35-29)37-30(39)36-25-14-13-22(19-24(25)34)42-20-21-15-17-38(31(40)41)28(18-21)33(4,5)6/h7-14,16,19,21,28H,15,17-18,20H2,1-6H3,(H,40,41)(H2,36,37,39). The molecule has 0 radical (unpaired) electrons. The van der Waals surface area contributed by atoms with Crippen molar-refractivity contribution >= 4 is 23.5 Å². The van der Waals surface area contributed by atoms with E-state index in [2.05, 4.69) is 36.4 Å². The lowest BCUT2D eigenvalue weighted by Gasteiger charge is -2.44. The maximum absolute atomic E-state index is 15.0. The minimum absolute atomic E-state index is 0.0168. The maximum atomic E-state index is 15.0. The molecule has 0 spiro atoms. The van der Waals surface area contributed by atoms with Gasteiger partial charge in [-0.05, 0) is 59.9 Å². The zero-order chi connectivity index (χ0) is 31.4. The average Bonchev–Trinajstić information content (AvgIpc) is 2.93. The van der Waals surface area contributed by atoms with Gasteiger partial charge in [-0.2, -0.15) is 0 Å². The summed E-state index contributed by atoms with van der Waals surface area (Å²) in [5, 5.41) is 14.8. The number of amides is 3. The van der Waals surface area contributed by atoms with E-state index >= 15 is 0 Å². The summed E-state index contributed by atoms with van der Waals surface area (Å²) in [6.07, 6.45) is 1.99. The van der Waals surface area contributed by atoms with E-state index in [4.69, 9.17) is 9.47 Å². The Bertz CT molecular complexity index is 1450. The van der Waals surface area contributed by atoms with Gasteiger partial charge in [-0.15, -0.1) is 0 Å². The number of nitrogens with zero attached hydrogens (tertiary/aromatic N) is 2. The van der Waals surface area contributed by atoms with Gasteiger partial charge in [0.15, 0.2) is 0 Å². The Morgan fingerprint density at radius 2 is 1.74 bits per heavy atom. The van der Waals surface area contributed by atoms with E-state index in [1.54, 1.807) is 24.4 Å². The van der Waals surface area contributed by atoms with Gasteiger partial charge in [-0.1, -0.05) is 59.7 Å². The molecule has 4 rings (SSSR count). The van der Waals surface area contributed by atoms with Crippen LogP contribution in [-0.2, 0) is 5.41 Å². The molecule has 230 valence electrons. The van der Waals surface area contributed by atoms with Crippen molar-refractivity contribution in [2.45, 2.75) is 65.8 Å². The van der Waals surface area contributed by atoms with Crippen LogP contribution in [0.4, 0.5) is 25.4 Å². The molecule has 1 aromatic heterocycles. The highest BCUT2D eigenvalue weighted by molar-refractivity contribution is 6.00. The summed E-state index contributed by atoms with van der Waals surface area (Å²) in [7, 11) is 0. The normalized spacial score (nSPS) is 17.2. The third-order valence-electron chi connectivity index (χ3n) is 7.55. The first kappa shape index (κ1) is 31.6. The predicted molar refractivity (Wildman–Crippen MR) is 165 cm³/mol. The van der Waals surface area contributed by atoms with Gasteiger partial charge in [-0.25, -0.2) is 19.0 Å². The van der Waals surface area contributed by atoms with E-state index in [9.17, 15) is 19.1 Å². The highest BCUT2D eigenvalue weighted by atomic mass is 19.1. The fraction of sp³-hybridized carbons (Fsp3) is 0.424. The molecule has 1 fully saturated rings. The van der Waals surface area contributed by atoms with Crippen LogP contribution in [0.3, 0.4) is 0 Å². The van der Waals surface area contributed by atoms with Crippen LogP contribution in [-0.4, -0.2) is 46.3 Å². The second-order valence-electron chi connectivity index (χ2n) is 13.0. The molecule has 0 bridgehead atoms. The molecule has 1 aliphatic heterocycles. The van der Waals surface area contributed by atoms with Crippen LogP contribution in [0.5, 0.6) is 17.4 Å². The molecule has 0 aliphatic carbocycles. The van der Waals surface area contributed by atoms with Crippen LogP contribution in [0.15, 0.2) is 60.8 Å². The second-order valence-corrected chi connectivity index (χ2v) is 13.0. The monoisotopic (exact) mass is 592 g/mol. The second kappa shape index (κ2) is 12.9. The Hall–Kier alpha value is -4.34. The number of para-hydroxylation sites is 1. The minimum atomic E-state index is -0.911.